The molecule has 1 fully saturated rings. The lowest BCUT2D eigenvalue weighted by molar-refractivity contribution is -0.122. The van der Waals surface area contributed by atoms with Crippen molar-refractivity contribution in [3.63, 3.8) is 0 Å². The summed E-state index contributed by atoms with van der Waals surface area (Å²) in [5, 5.41) is 9.82. The van der Waals surface area contributed by atoms with Crippen LogP contribution in [0.5, 0.6) is 0 Å². The number of urea groups is 1. The van der Waals surface area contributed by atoms with E-state index < -0.39 is 11.6 Å². The third kappa shape index (κ3) is 4.25. The van der Waals surface area contributed by atoms with Crippen molar-refractivity contribution >= 4 is 40.9 Å². The fourth-order valence-electron chi connectivity index (χ4n) is 2.53. The third-order valence-corrected chi connectivity index (χ3v) is 6.33. The Morgan fingerprint density at radius 2 is 2.04 bits per heavy atom. The fraction of sp³-hybridized carbons (Fsp3) is 0.278. The summed E-state index contributed by atoms with van der Waals surface area (Å²) < 4.78 is 0. The molecule has 0 radical (unpaired) electrons. The first kappa shape index (κ1) is 18.5. The van der Waals surface area contributed by atoms with Crippen LogP contribution in [0.4, 0.5) is 4.79 Å². The summed E-state index contributed by atoms with van der Waals surface area (Å²) in [5.74, 6) is -0.160. The molecular formula is C18H19N3O3S2. The van der Waals surface area contributed by atoms with Crippen LogP contribution in [0, 0.1) is 0 Å². The Kier molecular flexibility index (Phi) is 5.63. The Bertz CT molecular complexity index is 823. The zero-order valence-corrected chi connectivity index (χ0v) is 15.8. The zero-order chi connectivity index (χ0) is 18.6. The highest BCUT2D eigenvalue weighted by Crippen LogP contribution is 2.27. The number of imide groups is 1. The van der Waals surface area contributed by atoms with E-state index in [0.717, 1.165) is 11.3 Å². The molecule has 0 saturated carbocycles. The second-order valence-corrected chi connectivity index (χ2v) is 8.16. The maximum atomic E-state index is 12.5. The quantitative estimate of drug-likeness (QED) is 0.501. The Morgan fingerprint density at radius 3 is 2.73 bits per heavy atom. The van der Waals surface area contributed by atoms with Crippen LogP contribution in [0.3, 0.4) is 0 Å². The van der Waals surface area contributed by atoms with Gasteiger partial charge >= 0.3 is 6.03 Å². The van der Waals surface area contributed by atoms with E-state index in [1.807, 2.05) is 35.7 Å². The molecule has 26 heavy (non-hydrogen) atoms. The van der Waals surface area contributed by atoms with Gasteiger partial charge in [0.25, 0.3) is 11.8 Å². The molecule has 6 nitrogen and oxygen atoms in total. The average Bonchev–Trinajstić information content (AvgIpc) is 3.21. The van der Waals surface area contributed by atoms with Crippen LogP contribution in [-0.2, 0) is 11.2 Å². The first-order valence-electron chi connectivity index (χ1n) is 8.14. The van der Waals surface area contributed by atoms with Gasteiger partial charge in [-0.05, 0) is 36.9 Å². The normalized spacial score (nSPS) is 19.1. The maximum Gasteiger partial charge on any atom is 0.322 e. The number of thioether (sulfide) groups is 1. The van der Waals surface area contributed by atoms with Crippen LogP contribution in [0.2, 0.25) is 0 Å². The maximum absolute atomic E-state index is 12.5. The Labute approximate surface area is 159 Å². The highest BCUT2D eigenvalue weighted by atomic mass is 32.2. The topological polar surface area (TPSA) is 87.3 Å². The van der Waals surface area contributed by atoms with Crippen molar-refractivity contribution in [2.45, 2.75) is 23.8 Å². The van der Waals surface area contributed by atoms with E-state index in [2.05, 4.69) is 16.0 Å². The van der Waals surface area contributed by atoms with Crippen molar-refractivity contribution in [3.05, 3.63) is 52.2 Å². The number of benzene rings is 1. The summed E-state index contributed by atoms with van der Waals surface area (Å²) in [5.41, 5.74) is -0.415. The van der Waals surface area contributed by atoms with E-state index in [9.17, 15) is 14.4 Å². The van der Waals surface area contributed by atoms with Crippen molar-refractivity contribution in [3.8, 4) is 0 Å². The SMILES string of the molecule is C[C@@]1(CSc2ccccc2C(=O)NCCc2cccs2)NC(=O)NC1=O. The fourth-order valence-corrected chi connectivity index (χ4v) is 4.38. The number of thiophene rings is 1. The Hall–Kier alpha value is -2.32. The monoisotopic (exact) mass is 389 g/mol. The largest absolute Gasteiger partial charge is 0.352 e. The van der Waals surface area contributed by atoms with Gasteiger partial charge in [-0.1, -0.05) is 18.2 Å². The molecule has 1 atom stereocenters. The molecule has 1 saturated heterocycles. The molecule has 3 rings (SSSR count). The van der Waals surface area contributed by atoms with Crippen molar-refractivity contribution in [2.24, 2.45) is 0 Å². The standard InChI is InChI=1S/C18H19N3O3S2/c1-18(16(23)20-17(24)21-18)11-26-14-7-3-2-6-13(14)15(22)19-9-8-12-5-4-10-25-12/h2-7,10H,8-9,11H2,1H3,(H,19,22)(H2,20,21,23,24)/t18-/m0/s1. The van der Waals surface area contributed by atoms with Gasteiger partial charge in [-0.2, -0.15) is 0 Å². The molecule has 1 aromatic carbocycles. The number of hydrogen-bond donors (Lipinski definition) is 3. The van der Waals surface area contributed by atoms with Crippen LogP contribution in [-0.4, -0.2) is 35.7 Å². The minimum Gasteiger partial charge on any atom is -0.352 e. The molecule has 0 aliphatic carbocycles. The van der Waals surface area contributed by atoms with Crippen molar-refractivity contribution in [1.29, 1.82) is 0 Å². The molecule has 0 bridgehead atoms. The number of nitrogens with one attached hydrogen (secondary N) is 3. The molecular weight excluding hydrogens is 370 g/mol. The van der Waals surface area contributed by atoms with Crippen LogP contribution in [0.25, 0.3) is 0 Å². The predicted octanol–water partition coefficient (Wildman–Crippen LogP) is 2.41. The van der Waals surface area contributed by atoms with E-state index in [4.69, 9.17) is 0 Å². The van der Waals surface area contributed by atoms with Crippen molar-refractivity contribution in [1.82, 2.24) is 16.0 Å². The molecule has 1 aromatic heterocycles. The first-order valence-corrected chi connectivity index (χ1v) is 10.0. The van der Waals surface area contributed by atoms with E-state index in [1.54, 1.807) is 24.3 Å². The highest BCUT2D eigenvalue weighted by Gasteiger charge is 2.41. The average molecular weight is 390 g/mol. The van der Waals surface area contributed by atoms with E-state index in [0.29, 0.717) is 17.9 Å². The highest BCUT2D eigenvalue weighted by molar-refractivity contribution is 7.99. The summed E-state index contributed by atoms with van der Waals surface area (Å²) in [7, 11) is 0. The van der Waals surface area contributed by atoms with Gasteiger partial charge in [0.1, 0.15) is 5.54 Å². The lowest BCUT2D eigenvalue weighted by Gasteiger charge is -2.20. The molecule has 0 unspecified atom stereocenters. The molecule has 2 heterocycles. The Morgan fingerprint density at radius 1 is 1.23 bits per heavy atom. The molecule has 136 valence electrons. The van der Waals surface area contributed by atoms with Gasteiger partial charge in [0.2, 0.25) is 0 Å². The number of carbonyl (C=O) groups is 3. The summed E-state index contributed by atoms with van der Waals surface area (Å²) in [6.45, 7) is 2.23. The molecule has 3 N–H and O–H groups in total. The van der Waals surface area contributed by atoms with Crippen LogP contribution in [0.15, 0.2) is 46.7 Å². The number of hydrogen-bond acceptors (Lipinski definition) is 5. The minimum absolute atomic E-state index is 0.144. The smallest absolute Gasteiger partial charge is 0.322 e. The van der Waals surface area contributed by atoms with Crippen LogP contribution < -0.4 is 16.0 Å². The van der Waals surface area contributed by atoms with Gasteiger partial charge in [-0.25, -0.2) is 4.79 Å². The molecule has 8 heteroatoms. The molecule has 2 aromatic rings. The summed E-state index contributed by atoms with van der Waals surface area (Å²) in [4.78, 5) is 37.8. The predicted molar refractivity (Wildman–Crippen MR) is 103 cm³/mol. The van der Waals surface area contributed by atoms with Crippen LogP contribution in [0.1, 0.15) is 22.2 Å². The van der Waals surface area contributed by atoms with Gasteiger partial charge in [0, 0.05) is 22.1 Å². The minimum atomic E-state index is -0.982. The molecule has 0 spiro atoms. The van der Waals surface area contributed by atoms with Gasteiger partial charge < -0.3 is 10.6 Å². The molecule has 4 amide bonds. The summed E-state index contributed by atoms with van der Waals surface area (Å²) in [6, 6.07) is 10.8. The summed E-state index contributed by atoms with van der Waals surface area (Å²) >= 11 is 3.04. The second-order valence-electron chi connectivity index (χ2n) is 6.11. The van der Waals surface area contributed by atoms with E-state index in [1.165, 1.54) is 16.6 Å². The summed E-state index contributed by atoms with van der Waals surface area (Å²) in [6.07, 6.45) is 0.795. The van der Waals surface area contributed by atoms with E-state index >= 15 is 0 Å². The van der Waals surface area contributed by atoms with Gasteiger partial charge in [0.15, 0.2) is 0 Å². The Balaban J connectivity index is 1.61. The second kappa shape index (κ2) is 7.92. The van der Waals surface area contributed by atoms with Crippen molar-refractivity contribution in [2.75, 3.05) is 12.3 Å². The lowest BCUT2D eigenvalue weighted by Crippen LogP contribution is -2.46. The molecule has 1 aliphatic heterocycles. The number of carbonyl (C=O) groups excluding carboxylic acids is 3. The lowest BCUT2D eigenvalue weighted by atomic mass is 10.1. The van der Waals surface area contributed by atoms with Gasteiger partial charge in [0.05, 0.1) is 5.56 Å². The van der Waals surface area contributed by atoms with Crippen molar-refractivity contribution < 1.29 is 14.4 Å². The number of rotatable bonds is 7. The first-order chi connectivity index (χ1) is 12.5. The van der Waals surface area contributed by atoms with Gasteiger partial charge in [-0.15, -0.1) is 23.1 Å². The van der Waals surface area contributed by atoms with Gasteiger partial charge in [-0.3, -0.25) is 14.9 Å². The van der Waals surface area contributed by atoms with Crippen LogP contribution >= 0.6 is 23.1 Å². The van der Waals surface area contributed by atoms with E-state index in [-0.39, 0.29) is 11.8 Å². The third-order valence-electron chi connectivity index (χ3n) is 4.00. The zero-order valence-electron chi connectivity index (χ0n) is 14.2. The molecule has 1 aliphatic rings. The number of amides is 4.